The number of hydrogen-bond donors (Lipinski definition) is 1. The average molecular weight is 167 g/mol. The molecule has 3 nitrogen and oxygen atoms in total. The summed E-state index contributed by atoms with van der Waals surface area (Å²) in [7, 11) is 0. The van der Waals surface area contributed by atoms with Gasteiger partial charge in [0.1, 0.15) is 0 Å². The Kier molecular flexibility index (Phi) is 3.51. The third-order valence-electron chi connectivity index (χ3n) is 2.50. The van der Waals surface area contributed by atoms with Gasteiger partial charge in [0.05, 0.1) is 12.5 Å². The van der Waals surface area contributed by atoms with Gasteiger partial charge in [-0.2, -0.15) is 5.26 Å². The van der Waals surface area contributed by atoms with Crippen molar-refractivity contribution < 1.29 is 0 Å². The molecule has 3 heteroatoms. The first-order valence-electron chi connectivity index (χ1n) is 4.60. The van der Waals surface area contributed by atoms with Crippen LogP contribution in [0, 0.1) is 11.3 Å². The normalized spacial score (nSPS) is 27.9. The molecule has 1 heterocycles. The largest absolute Gasteiger partial charge is 0.327 e. The summed E-state index contributed by atoms with van der Waals surface area (Å²) in [6.07, 6.45) is 2.93. The fourth-order valence-electron chi connectivity index (χ4n) is 1.70. The Balaban J connectivity index is 2.35. The minimum absolute atomic E-state index is 0.319. The molecule has 0 spiro atoms. The molecule has 1 unspecified atom stereocenters. The van der Waals surface area contributed by atoms with Crippen LogP contribution in [0.5, 0.6) is 0 Å². The lowest BCUT2D eigenvalue weighted by Gasteiger charge is -2.34. The van der Waals surface area contributed by atoms with E-state index in [0.29, 0.717) is 18.5 Å². The second kappa shape index (κ2) is 4.44. The molecule has 0 saturated carbocycles. The molecule has 0 aromatic carbocycles. The summed E-state index contributed by atoms with van der Waals surface area (Å²) in [5, 5.41) is 8.53. The van der Waals surface area contributed by atoms with E-state index in [2.05, 4.69) is 17.9 Å². The molecule has 0 bridgehead atoms. The van der Waals surface area contributed by atoms with Gasteiger partial charge in [-0.25, -0.2) is 0 Å². The van der Waals surface area contributed by atoms with E-state index < -0.39 is 0 Å². The molecule has 1 fully saturated rings. The van der Waals surface area contributed by atoms with Crippen LogP contribution in [0.3, 0.4) is 0 Å². The second-order valence-corrected chi connectivity index (χ2v) is 3.61. The summed E-state index contributed by atoms with van der Waals surface area (Å²) in [4.78, 5) is 2.32. The standard InChI is InChI=1S/C9H17N3/c1-8(4-5-10)12-6-2-3-9(11)7-12/h8-9H,2-4,6-7,11H2,1H3/t8?,9-/m1/s1. The summed E-state index contributed by atoms with van der Waals surface area (Å²) < 4.78 is 0. The fourth-order valence-corrected chi connectivity index (χ4v) is 1.70. The van der Waals surface area contributed by atoms with Crippen LogP contribution in [0.4, 0.5) is 0 Å². The quantitative estimate of drug-likeness (QED) is 0.659. The average Bonchev–Trinajstić information content (AvgIpc) is 2.05. The van der Waals surface area contributed by atoms with Crippen LogP contribution in [0.25, 0.3) is 0 Å². The van der Waals surface area contributed by atoms with Crippen molar-refractivity contribution in [3.05, 3.63) is 0 Å². The molecular formula is C9H17N3. The number of nitrogens with two attached hydrogens (primary N) is 1. The summed E-state index contributed by atoms with van der Waals surface area (Å²) in [5.41, 5.74) is 5.83. The number of rotatable bonds is 2. The Hall–Kier alpha value is -0.590. The van der Waals surface area contributed by atoms with E-state index in [-0.39, 0.29) is 0 Å². The molecule has 1 aliphatic heterocycles. The van der Waals surface area contributed by atoms with Crippen molar-refractivity contribution in [1.82, 2.24) is 4.90 Å². The molecule has 1 rings (SSSR count). The van der Waals surface area contributed by atoms with E-state index in [1.807, 2.05) is 0 Å². The van der Waals surface area contributed by atoms with Crippen molar-refractivity contribution in [3.8, 4) is 6.07 Å². The molecule has 0 aromatic rings. The van der Waals surface area contributed by atoms with E-state index in [0.717, 1.165) is 19.5 Å². The lowest BCUT2D eigenvalue weighted by Crippen LogP contribution is -2.46. The van der Waals surface area contributed by atoms with Gasteiger partial charge in [0, 0.05) is 18.6 Å². The highest BCUT2D eigenvalue weighted by molar-refractivity contribution is 4.84. The zero-order valence-electron chi connectivity index (χ0n) is 7.66. The number of nitriles is 1. The minimum atomic E-state index is 0.319. The van der Waals surface area contributed by atoms with Crippen LogP contribution in [-0.2, 0) is 0 Å². The van der Waals surface area contributed by atoms with Gasteiger partial charge in [0.15, 0.2) is 0 Å². The van der Waals surface area contributed by atoms with Gasteiger partial charge in [-0.15, -0.1) is 0 Å². The van der Waals surface area contributed by atoms with E-state index >= 15 is 0 Å². The van der Waals surface area contributed by atoms with Crippen molar-refractivity contribution in [2.24, 2.45) is 5.73 Å². The third kappa shape index (κ3) is 2.47. The Morgan fingerprint density at radius 1 is 1.75 bits per heavy atom. The van der Waals surface area contributed by atoms with E-state index in [1.54, 1.807) is 0 Å². The van der Waals surface area contributed by atoms with Crippen LogP contribution in [0.2, 0.25) is 0 Å². The molecule has 0 aromatic heterocycles. The molecule has 68 valence electrons. The molecule has 12 heavy (non-hydrogen) atoms. The van der Waals surface area contributed by atoms with Gasteiger partial charge in [0.25, 0.3) is 0 Å². The summed E-state index contributed by atoms with van der Waals surface area (Å²) in [6, 6.07) is 2.89. The van der Waals surface area contributed by atoms with Crippen LogP contribution in [0.1, 0.15) is 26.2 Å². The zero-order valence-corrected chi connectivity index (χ0v) is 7.66. The molecule has 1 aliphatic rings. The summed E-state index contributed by atoms with van der Waals surface area (Å²) >= 11 is 0. The van der Waals surface area contributed by atoms with Crippen molar-refractivity contribution in [1.29, 1.82) is 5.26 Å². The number of nitrogens with zero attached hydrogens (tertiary/aromatic N) is 2. The molecule has 1 saturated heterocycles. The van der Waals surface area contributed by atoms with Gasteiger partial charge < -0.3 is 5.73 Å². The molecule has 0 amide bonds. The first-order valence-corrected chi connectivity index (χ1v) is 4.60. The predicted molar refractivity (Wildman–Crippen MR) is 48.5 cm³/mol. The van der Waals surface area contributed by atoms with Crippen molar-refractivity contribution in [2.45, 2.75) is 38.3 Å². The van der Waals surface area contributed by atoms with Gasteiger partial charge in [-0.3, -0.25) is 4.90 Å². The van der Waals surface area contributed by atoms with Gasteiger partial charge in [-0.05, 0) is 26.3 Å². The minimum Gasteiger partial charge on any atom is -0.327 e. The Morgan fingerprint density at radius 2 is 2.50 bits per heavy atom. The van der Waals surface area contributed by atoms with Crippen LogP contribution >= 0.6 is 0 Å². The van der Waals surface area contributed by atoms with Gasteiger partial charge in [0.2, 0.25) is 0 Å². The molecule has 0 radical (unpaired) electrons. The first kappa shape index (κ1) is 9.50. The third-order valence-corrected chi connectivity index (χ3v) is 2.50. The maximum absolute atomic E-state index is 8.53. The highest BCUT2D eigenvalue weighted by atomic mass is 15.2. The molecule has 0 aliphatic carbocycles. The second-order valence-electron chi connectivity index (χ2n) is 3.61. The molecular weight excluding hydrogens is 150 g/mol. The highest BCUT2D eigenvalue weighted by Gasteiger charge is 2.20. The van der Waals surface area contributed by atoms with Crippen molar-refractivity contribution in [3.63, 3.8) is 0 Å². The van der Waals surface area contributed by atoms with E-state index in [4.69, 9.17) is 11.0 Å². The smallest absolute Gasteiger partial charge is 0.0638 e. The van der Waals surface area contributed by atoms with Crippen LogP contribution < -0.4 is 5.73 Å². The highest BCUT2D eigenvalue weighted by Crippen LogP contribution is 2.12. The first-order chi connectivity index (χ1) is 5.74. The summed E-state index contributed by atoms with van der Waals surface area (Å²) in [5.74, 6) is 0. The van der Waals surface area contributed by atoms with Gasteiger partial charge in [-0.1, -0.05) is 0 Å². The predicted octanol–water partition coefficient (Wildman–Crippen LogP) is 0.712. The van der Waals surface area contributed by atoms with Crippen molar-refractivity contribution >= 4 is 0 Å². The molecule has 2 atom stereocenters. The van der Waals surface area contributed by atoms with Crippen molar-refractivity contribution in [2.75, 3.05) is 13.1 Å². The lowest BCUT2D eigenvalue weighted by atomic mass is 10.0. The topological polar surface area (TPSA) is 53.0 Å². The number of piperidine rings is 1. The van der Waals surface area contributed by atoms with E-state index in [9.17, 15) is 0 Å². The maximum atomic E-state index is 8.53. The van der Waals surface area contributed by atoms with Crippen LogP contribution in [0.15, 0.2) is 0 Å². The Bertz CT molecular complexity index is 173. The fraction of sp³-hybridized carbons (Fsp3) is 0.889. The van der Waals surface area contributed by atoms with Gasteiger partial charge >= 0.3 is 0 Å². The number of likely N-dealkylation sites (tertiary alicyclic amines) is 1. The number of hydrogen-bond acceptors (Lipinski definition) is 3. The van der Waals surface area contributed by atoms with Crippen LogP contribution in [-0.4, -0.2) is 30.1 Å². The zero-order chi connectivity index (χ0) is 8.97. The Morgan fingerprint density at radius 3 is 3.08 bits per heavy atom. The maximum Gasteiger partial charge on any atom is 0.0638 e. The monoisotopic (exact) mass is 167 g/mol. The summed E-state index contributed by atoms with van der Waals surface area (Å²) in [6.45, 7) is 4.17. The van der Waals surface area contributed by atoms with E-state index in [1.165, 1.54) is 6.42 Å². The SMILES string of the molecule is CC(CC#N)N1CCC[C@@H](N)C1. The Labute approximate surface area is 74.1 Å². The molecule has 2 N–H and O–H groups in total. The lowest BCUT2D eigenvalue weighted by molar-refractivity contribution is 0.161.